The summed E-state index contributed by atoms with van der Waals surface area (Å²) in [6.45, 7) is 24.9. The van der Waals surface area contributed by atoms with Crippen molar-refractivity contribution < 1.29 is 14.3 Å². The van der Waals surface area contributed by atoms with Gasteiger partial charge in [0.05, 0.1) is 0 Å². The predicted octanol–water partition coefficient (Wildman–Crippen LogP) is 8.41. The standard InChI is InChI=1S/C15H28NO3.3C4H9.Sn/c1-11(13(2,3)4)9-18-12(17)16-14(5,6)10-19-15(16,7)8;3*1-3-4-2;/h9,11H,10H2,1-8H3;3*1,3-4H2,2H3;/t11-;;;;/m1..../s1. The van der Waals surface area contributed by atoms with Crippen LogP contribution in [-0.4, -0.2) is 51.4 Å². The van der Waals surface area contributed by atoms with Crippen molar-refractivity contribution in [2.45, 2.75) is 143 Å². The van der Waals surface area contributed by atoms with Crippen molar-refractivity contribution in [2.24, 2.45) is 11.3 Å². The minimum absolute atomic E-state index is 0.101. The molecule has 1 fully saturated rings. The fourth-order valence-electron chi connectivity index (χ4n) is 5.44. The van der Waals surface area contributed by atoms with E-state index in [0.29, 0.717) is 12.5 Å². The first-order chi connectivity index (χ1) is 14.7. The first-order valence-corrected chi connectivity index (χ1v) is 21.0. The van der Waals surface area contributed by atoms with Crippen LogP contribution in [0.2, 0.25) is 13.3 Å². The van der Waals surface area contributed by atoms with Crippen molar-refractivity contribution in [1.29, 1.82) is 0 Å². The van der Waals surface area contributed by atoms with Crippen LogP contribution in [0.5, 0.6) is 0 Å². The van der Waals surface area contributed by atoms with Crippen molar-refractivity contribution in [3.63, 3.8) is 0 Å². The quantitative estimate of drug-likeness (QED) is 0.225. The molecule has 0 radical (unpaired) electrons. The summed E-state index contributed by atoms with van der Waals surface area (Å²) in [5.41, 5.74) is -0.889. The van der Waals surface area contributed by atoms with E-state index in [-0.39, 0.29) is 21.2 Å². The van der Waals surface area contributed by atoms with Gasteiger partial charge in [0.15, 0.2) is 0 Å². The van der Waals surface area contributed by atoms with E-state index in [0.717, 1.165) is 0 Å². The van der Waals surface area contributed by atoms with Gasteiger partial charge in [-0.25, -0.2) is 0 Å². The molecule has 0 spiro atoms. The van der Waals surface area contributed by atoms with Crippen molar-refractivity contribution in [1.82, 2.24) is 4.90 Å². The molecule has 1 aliphatic heterocycles. The monoisotopic (exact) mass is 561 g/mol. The molecule has 0 aromatic rings. The summed E-state index contributed by atoms with van der Waals surface area (Å²) < 4.78 is 16.9. The van der Waals surface area contributed by atoms with Crippen LogP contribution in [0.4, 0.5) is 4.79 Å². The van der Waals surface area contributed by atoms with Crippen molar-refractivity contribution in [3.05, 3.63) is 0 Å². The Morgan fingerprint density at radius 3 is 1.72 bits per heavy atom. The molecule has 0 aliphatic carbocycles. The predicted molar refractivity (Wildman–Crippen MR) is 140 cm³/mol. The fourth-order valence-corrected chi connectivity index (χ4v) is 24.5. The molecule has 1 amide bonds. The topological polar surface area (TPSA) is 38.8 Å². The third-order valence-electron chi connectivity index (χ3n) is 7.84. The van der Waals surface area contributed by atoms with E-state index < -0.39 is 24.1 Å². The molecule has 2 atom stereocenters. The van der Waals surface area contributed by atoms with E-state index in [1.165, 1.54) is 51.8 Å². The summed E-state index contributed by atoms with van der Waals surface area (Å²) in [4.78, 5) is 15.7. The van der Waals surface area contributed by atoms with Gasteiger partial charge in [-0.05, 0) is 0 Å². The van der Waals surface area contributed by atoms with E-state index in [1.807, 2.05) is 18.7 Å². The molecule has 0 aromatic carbocycles. The average molecular weight is 560 g/mol. The Labute approximate surface area is 204 Å². The summed E-state index contributed by atoms with van der Waals surface area (Å²) in [7, 11) is 0. The molecule has 0 aromatic heterocycles. The molecule has 190 valence electrons. The van der Waals surface area contributed by atoms with Crippen LogP contribution in [0.3, 0.4) is 0 Å². The van der Waals surface area contributed by atoms with Gasteiger partial charge in [-0.3, -0.25) is 0 Å². The Morgan fingerprint density at radius 1 is 0.969 bits per heavy atom. The second kappa shape index (κ2) is 12.1. The van der Waals surface area contributed by atoms with E-state index in [2.05, 4.69) is 62.3 Å². The normalized spacial score (nSPS) is 20.3. The zero-order chi connectivity index (χ0) is 24.8. The van der Waals surface area contributed by atoms with Gasteiger partial charge in [0.25, 0.3) is 0 Å². The van der Waals surface area contributed by atoms with Gasteiger partial charge >= 0.3 is 205 Å². The molecule has 0 unspecified atom stereocenters. The number of nitrogens with zero attached hydrogens (tertiary/aromatic N) is 1. The van der Waals surface area contributed by atoms with Crippen molar-refractivity contribution in [3.8, 4) is 0 Å². The first kappa shape index (κ1) is 30.1. The Morgan fingerprint density at radius 2 is 1.41 bits per heavy atom. The molecule has 1 heterocycles. The van der Waals surface area contributed by atoms with Crippen LogP contribution in [-0.2, 0) is 9.47 Å². The fraction of sp³-hybridized carbons (Fsp3) is 0.963. The second-order valence-electron chi connectivity index (χ2n) is 12.5. The zero-order valence-corrected chi connectivity index (χ0v) is 26.3. The number of unbranched alkanes of at least 4 members (excludes halogenated alkanes) is 3. The molecular formula is C27H55NO3Sn. The summed E-state index contributed by atoms with van der Waals surface area (Å²) in [5.74, 6) is 0.350. The summed E-state index contributed by atoms with van der Waals surface area (Å²) in [6.07, 6.45) is 7.34. The number of rotatable bonds is 12. The van der Waals surface area contributed by atoms with Gasteiger partial charge in [0, 0.05) is 0 Å². The molecule has 0 N–H and O–H groups in total. The number of hydrogen-bond donors (Lipinski definition) is 0. The Hall–Kier alpha value is 0.0287. The summed E-state index contributed by atoms with van der Waals surface area (Å²) in [6, 6.07) is 0. The van der Waals surface area contributed by atoms with Crippen molar-refractivity contribution in [2.75, 3.05) is 6.61 Å². The van der Waals surface area contributed by atoms with Gasteiger partial charge < -0.3 is 0 Å². The van der Waals surface area contributed by atoms with Crippen LogP contribution in [0.25, 0.3) is 0 Å². The van der Waals surface area contributed by atoms with E-state index in [9.17, 15) is 4.79 Å². The average Bonchev–Trinajstić information content (AvgIpc) is 2.92. The second-order valence-corrected chi connectivity index (χ2v) is 26.2. The van der Waals surface area contributed by atoms with E-state index >= 15 is 0 Å². The molecule has 1 aliphatic rings. The SMILES string of the molecule is CCC[CH2][Sn]([CH2]CCC)([CH2]CCC)[C@H](OC(=O)N1C(C)(C)COC1(C)C)[C@@H](C)C(C)(C)C. The summed E-state index contributed by atoms with van der Waals surface area (Å²) >= 11 is -2.85. The maximum absolute atomic E-state index is 13.8. The maximum atomic E-state index is 13.8. The number of hydrogen-bond acceptors (Lipinski definition) is 3. The summed E-state index contributed by atoms with van der Waals surface area (Å²) in [5, 5.41) is 0. The number of carbonyl (C=O) groups excluding carboxylic acids is 1. The van der Waals surface area contributed by atoms with E-state index in [1.54, 1.807) is 0 Å². The van der Waals surface area contributed by atoms with Crippen LogP contribution in [0.15, 0.2) is 0 Å². The van der Waals surface area contributed by atoms with E-state index in [4.69, 9.17) is 9.47 Å². The minimum atomic E-state index is -2.85. The van der Waals surface area contributed by atoms with Crippen LogP contribution < -0.4 is 0 Å². The van der Waals surface area contributed by atoms with Gasteiger partial charge in [-0.15, -0.1) is 0 Å². The van der Waals surface area contributed by atoms with Crippen molar-refractivity contribution >= 4 is 24.5 Å². The van der Waals surface area contributed by atoms with Gasteiger partial charge in [0.2, 0.25) is 0 Å². The number of amides is 1. The molecule has 1 saturated heterocycles. The Balaban J connectivity index is 3.46. The Bertz CT molecular complexity index is 544. The molecule has 1 rings (SSSR count). The molecule has 4 nitrogen and oxygen atoms in total. The zero-order valence-electron chi connectivity index (χ0n) is 23.4. The van der Waals surface area contributed by atoms with Gasteiger partial charge in [-0.2, -0.15) is 0 Å². The Kier molecular flexibility index (Phi) is 11.4. The molecule has 0 saturated carbocycles. The molecule has 5 heteroatoms. The number of ether oxygens (including phenoxy) is 2. The molecule has 0 bridgehead atoms. The third kappa shape index (κ3) is 7.51. The van der Waals surface area contributed by atoms with Crippen LogP contribution in [0, 0.1) is 11.3 Å². The molecule has 32 heavy (non-hydrogen) atoms. The first-order valence-electron chi connectivity index (χ1n) is 13.3. The molecular weight excluding hydrogens is 505 g/mol. The van der Waals surface area contributed by atoms with Gasteiger partial charge in [-0.1, -0.05) is 0 Å². The van der Waals surface area contributed by atoms with Gasteiger partial charge in [0.1, 0.15) is 0 Å². The van der Waals surface area contributed by atoms with Crippen LogP contribution in [0.1, 0.15) is 115 Å². The van der Waals surface area contributed by atoms with Crippen LogP contribution >= 0.6 is 0 Å². The number of carbonyl (C=O) groups is 1. The third-order valence-corrected chi connectivity index (χ3v) is 24.6.